The third-order valence-corrected chi connectivity index (χ3v) is 10.5. The molecule has 3 unspecified atom stereocenters. The molecule has 9 heterocycles. The smallest absolute Gasteiger partial charge is 0.393 e. The van der Waals surface area contributed by atoms with Crippen LogP contribution >= 0.6 is 0 Å². The number of alkyl halides is 3. The molecule has 6 fully saturated rings. The van der Waals surface area contributed by atoms with Gasteiger partial charge in [0, 0.05) is 76.0 Å². The number of ether oxygens (including phenoxy) is 3. The Morgan fingerprint density at radius 1 is 1.08 bits per heavy atom. The molecule has 3 atom stereocenters. The van der Waals surface area contributed by atoms with Gasteiger partial charge in [-0.3, -0.25) is 4.90 Å². The zero-order valence-electron chi connectivity index (χ0n) is 26.4. The zero-order valence-corrected chi connectivity index (χ0v) is 26.4. The van der Waals surface area contributed by atoms with E-state index < -0.39 is 17.9 Å². The van der Waals surface area contributed by atoms with E-state index in [2.05, 4.69) is 21.0 Å². The van der Waals surface area contributed by atoms with Gasteiger partial charge in [0.05, 0.1) is 54.7 Å². The molecule has 6 saturated heterocycles. The number of carbonyl (C=O) groups excluding carboxylic acids is 1. The number of carbonyl (C=O) groups is 1. The summed E-state index contributed by atoms with van der Waals surface area (Å²) >= 11 is 0. The first kappa shape index (κ1) is 31.2. The van der Waals surface area contributed by atoms with E-state index in [4.69, 9.17) is 19.2 Å². The van der Waals surface area contributed by atoms with Crippen molar-refractivity contribution in [2.75, 3.05) is 70.5 Å². The predicted octanol–water partition coefficient (Wildman–Crippen LogP) is 3.75. The largest absolute Gasteiger partial charge is 0.491 e. The summed E-state index contributed by atoms with van der Waals surface area (Å²) in [4.78, 5) is 25.4. The molecule has 254 valence electrons. The van der Waals surface area contributed by atoms with E-state index in [1.807, 2.05) is 18.2 Å². The lowest BCUT2D eigenvalue weighted by molar-refractivity contribution is -0.185. The fourth-order valence-corrected chi connectivity index (χ4v) is 7.88. The van der Waals surface area contributed by atoms with Crippen LogP contribution in [0.5, 0.6) is 5.75 Å². The van der Waals surface area contributed by atoms with Gasteiger partial charge in [0.1, 0.15) is 24.2 Å². The van der Waals surface area contributed by atoms with Crippen LogP contribution in [0.4, 0.5) is 23.8 Å². The highest BCUT2D eigenvalue weighted by Crippen LogP contribution is 2.39. The minimum absolute atomic E-state index is 0.0389. The highest BCUT2D eigenvalue weighted by molar-refractivity contribution is 5.85. The number of fused-ring (bicyclic) bond motifs is 3. The van der Waals surface area contributed by atoms with Crippen LogP contribution in [0.1, 0.15) is 31.2 Å². The Balaban J connectivity index is 0.921. The van der Waals surface area contributed by atoms with Crippen molar-refractivity contribution in [3.8, 4) is 22.9 Å². The number of nitrogens with zero attached hydrogens (tertiary/aromatic N) is 8. The van der Waals surface area contributed by atoms with Gasteiger partial charge in [-0.1, -0.05) is 0 Å². The monoisotopic (exact) mass is 666 g/mol. The Labute approximate surface area is 275 Å². The van der Waals surface area contributed by atoms with Crippen molar-refractivity contribution in [2.24, 2.45) is 5.92 Å². The molecule has 3 aromatic rings. The fourth-order valence-electron chi connectivity index (χ4n) is 7.88. The Hall–Kier alpha value is -4.13. The number of likely N-dealkylation sites (tertiary alicyclic amines) is 2. The summed E-state index contributed by atoms with van der Waals surface area (Å²) in [5.74, 6) is -0.468. The lowest BCUT2D eigenvalue weighted by Gasteiger charge is -2.57. The first-order chi connectivity index (χ1) is 23.2. The van der Waals surface area contributed by atoms with Gasteiger partial charge < -0.3 is 28.9 Å². The first-order valence-electron chi connectivity index (χ1n) is 16.6. The minimum atomic E-state index is -4.28. The number of urea groups is 1. The number of piperazine rings is 1. The molecule has 2 bridgehead atoms. The molecule has 48 heavy (non-hydrogen) atoms. The van der Waals surface area contributed by atoms with Crippen LogP contribution in [0.15, 0.2) is 36.8 Å². The SMILES string of the molecule is N#Cc1cnn2cc(OCCN3CCC4(CC3)OCCO4)cc(-c3ccc(N4CC5CC(C4)N5C(=O)N4CCC(C(F)(F)F)C4)nc3)c12. The zero-order chi connectivity index (χ0) is 33.0. The van der Waals surface area contributed by atoms with Gasteiger partial charge in [-0.25, -0.2) is 14.3 Å². The highest BCUT2D eigenvalue weighted by Gasteiger charge is 2.51. The molecule has 0 aromatic carbocycles. The Kier molecular flexibility index (Phi) is 7.84. The molecule has 0 radical (unpaired) electrons. The lowest BCUT2D eigenvalue weighted by atomic mass is 9.87. The summed E-state index contributed by atoms with van der Waals surface area (Å²) in [6, 6.07) is 7.62. The Morgan fingerprint density at radius 3 is 2.52 bits per heavy atom. The van der Waals surface area contributed by atoms with Crippen molar-refractivity contribution in [2.45, 2.75) is 49.7 Å². The number of piperidine rings is 2. The molecule has 0 N–H and O–H groups in total. The van der Waals surface area contributed by atoms with E-state index in [1.54, 1.807) is 28.0 Å². The Bertz CT molecular complexity index is 1700. The quantitative estimate of drug-likeness (QED) is 0.389. The van der Waals surface area contributed by atoms with Crippen molar-refractivity contribution in [3.63, 3.8) is 0 Å². The van der Waals surface area contributed by atoms with Gasteiger partial charge in [-0.2, -0.15) is 23.5 Å². The third-order valence-electron chi connectivity index (χ3n) is 10.5. The molecule has 15 heteroatoms. The maximum absolute atomic E-state index is 13.2. The number of anilines is 1. The summed E-state index contributed by atoms with van der Waals surface area (Å²) in [6.07, 6.45) is 3.30. The number of amides is 2. The summed E-state index contributed by atoms with van der Waals surface area (Å²) < 4.78 is 59.1. The van der Waals surface area contributed by atoms with Gasteiger partial charge in [-0.15, -0.1) is 0 Å². The number of hydrogen-bond donors (Lipinski definition) is 0. The van der Waals surface area contributed by atoms with Gasteiger partial charge in [-0.05, 0) is 31.0 Å². The molecule has 12 nitrogen and oxygen atoms in total. The minimum Gasteiger partial charge on any atom is -0.491 e. The molecule has 0 aliphatic carbocycles. The Morgan fingerprint density at radius 2 is 1.85 bits per heavy atom. The second-order valence-electron chi connectivity index (χ2n) is 13.4. The van der Waals surface area contributed by atoms with Crippen molar-refractivity contribution < 1.29 is 32.2 Å². The molecule has 9 rings (SSSR count). The van der Waals surface area contributed by atoms with Crippen LogP contribution in [-0.2, 0) is 9.47 Å². The summed E-state index contributed by atoms with van der Waals surface area (Å²) in [5.41, 5.74) is 2.69. The van der Waals surface area contributed by atoms with E-state index in [-0.39, 0.29) is 37.6 Å². The average molecular weight is 667 g/mol. The summed E-state index contributed by atoms with van der Waals surface area (Å²) in [5, 5.41) is 14.2. The van der Waals surface area contributed by atoms with Crippen LogP contribution in [0.3, 0.4) is 0 Å². The number of halogens is 3. The second-order valence-corrected chi connectivity index (χ2v) is 13.4. The van der Waals surface area contributed by atoms with Crippen molar-refractivity contribution in [1.82, 2.24) is 29.3 Å². The van der Waals surface area contributed by atoms with Gasteiger partial charge in [0.25, 0.3) is 0 Å². The molecule has 2 amide bonds. The number of hydrogen-bond acceptors (Lipinski definition) is 9. The maximum Gasteiger partial charge on any atom is 0.393 e. The number of nitriles is 1. The maximum atomic E-state index is 13.2. The van der Waals surface area contributed by atoms with Crippen molar-refractivity contribution in [3.05, 3.63) is 42.4 Å². The number of rotatable bonds is 6. The molecular weight excluding hydrogens is 629 g/mol. The average Bonchev–Trinajstić information content (AvgIpc) is 3.86. The predicted molar refractivity (Wildman–Crippen MR) is 166 cm³/mol. The number of pyridine rings is 2. The lowest BCUT2D eigenvalue weighted by Crippen LogP contribution is -2.72. The highest BCUT2D eigenvalue weighted by atomic mass is 19.4. The van der Waals surface area contributed by atoms with E-state index in [1.165, 1.54) is 4.90 Å². The molecule has 1 spiro atoms. The van der Waals surface area contributed by atoms with Gasteiger partial charge in [0.15, 0.2) is 5.79 Å². The van der Waals surface area contributed by atoms with Crippen molar-refractivity contribution in [1.29, 1.82) is 5.26 Å². The molecular formula is C33H37F3N8O4. The molecule has 0 saturated carbocycles. The van der Waals surface area contributed by atoms with Crippen LogP contribution in [0.25, 0.3) is 16.6 Å². The number of aromatic nitrogens is 3. The third kappa shape index (κ3) is 5.69. The topological polar surface area (TPSA) is 112 Å². The standard InChI is InChI=1S/C33H37F3N8O4/c34-33(35,36)24-3-6-41(18-24)31(45)44-25-13-26(44)20-42(19-25)29-2-1-22(16-38-29)28-14-27(21-43-30(28)23(15-37)17-39-43)46-10-9-40-7-4-32(5-8-40)47-11-12-48-32/h1-2,14,16-17,21,24-26H,3-13,18-20H2. The van der Waals surface area contributed by atoms with Crippen LogP contribution in [0.2, 0.25) is 0 Å². The van der Waals surface area contributed by atoms with Crippen LogP contribution in [0, 0.1) is 17.2 Å². The fraction of sp³-hybridized carbons (Fsp3) is 0.576. The summed E-state index contributed by atoms with van der Waals surface area (Å²) in [6.45, 7) is 5.33. The van der Waals surface area contributed by atoms with E-state index >= 15 is 0 Å². The summed E-state index contributed by atoms with van der Waals surface area (Å²) in [7, 11) is 0. The molecule has 6 aliphatic heterocycles. The van der Waals surface area contributed by atoms with E-state index in [9.17, 15) is 23.2 Å². The normalized spacial score (nSPS) is 25.5. The van der Waals surface area contributed by atoms with Crippen molar-refractivity contribution >= 4 is 17.4 Å². The second kappa shape index (κ2) is 12.1. The first-order valence-corrected chi connectivity index (χ1v) is 16.6. The van der Waals surface area contributed by atoms with Gasteiger partial charge in [0.2, 0.25) is 0 Å². The van der Waals surface area contributed by atoms with E-state index in [0.29, 0.717) is 49.7 Å². The van der Waals surface area contributed by atoms with Gasteiger partial charge >= 0.3 is 12.2 Å². The molecule has 3 aromatic heterocycles. The van der Waals surface area contributed by atoms with Crippen LogP contribution < -0.4 is 9.64 Å². The molecule has 6 aliphatic rings. The van der Waals surface area contributed by atoms with E-state index in [0.717, 1.165) is 55.8 Å². The van der Waals surface area contributed by atoms with Crippen LogP contribution in [-0.4, -0.2) is 125 Å².